The summed E-state index contributed by atoms with van der Waals surface area (Å²) in [7, 11) is 1.89. The largest absolute Gasteiger partial charge is 0.350 e. The van der Waals surface area contributed by atoms with E-state index in [1.165, 1.54) is 5.56 Å². The normalized spacial score (nSPS) is 10.6. The van der Waals surface area contributed by atoms with Crippen molar-refractivity contribution in [3.8, 4) is 0 Å². The van der Waals surface area contributed by atoms with Gasteiger partial charge in [-0.2, -0.15) is 0 Å². The van der Waals surface area contributed by atoms with Crippen LogP contribution in [0.4, 0.5) is 0 Å². The molecule has 0 bridgehead atoms. The Morgan fingerprint density at radius 2 is 1.84 bits per heavy atom. The van der Waals surface area contributed by atoms with Crippen molar-refractivity contribution in [2.45, 2.75) is 19.8 Å². The van der Waals surface area contributed by atoms with Gasteiger partial charge in [0.25, 0.3) is 5.91 Å². The smallest absolute Gasteiger partial charge is 0.271 e. The topological polar surface area (TPSA) is 63.1 Å². The zero-order valence-electron chi connectivity index (χ0n) is 14.4. The van der Waals surface area contributed by atoms with E-state index in [0.717, 1.165) is 16.5 Å². The number of aromatic nitrogens is 1. The molecule has 2 amide bonds. The minimum absolute atomic E-state index is 0.213. The summed E-state index contributed by atoms with van der Waals surface area (Å²) >= 11 is 0. The average molecular weight is 335 g/mol. The molecule has 0 spiro atoms. The third-order valence-corrected chi connectivity index (χ3v) is 4.18. The zero-order valence-corrected chi connectivity index (χ0v) is 14.4. The quantitative estimate of drug-likeness (QED) is 0.720. The van der Waals surface area contributed by atoms with Gasteiger partial charge in [-0.05, 0) is 25.0 Å². The van der Waals surface area contributed by atoms with Crippen LogP contribution in [-0.2, 0) is 18.3 Å². The van der Waals surface area contributed by atoms with Crippen LogP contribution in [0.15, 0.2) is 54.7 Å². The molecule has 0 aliphatic carbocycles. The minimum atomic E-state index is -0.319. The van der Waals surface area contributed by atoms with Crippen molar-refractivity contribution >= 4 is 22.7 Å². The van der Waals surface area contributed by atoms with Crippen molar-refractivity contribution in [3.63, 3.8) is 0 Å². The number of amides is 2. The molecular formula is C20H21N3O2. The number of carbonyl (C=O) groups is 2. The number of carbonyl (C=O) groups excluding carboxylic acids is 2. The number of benzene rings is 2. The van der Waals surface area contributed by atoms with Crippen LogP contribution in [0, 0.1) is 6.92 Å². The summed E-state index contributed by atoms with van der Waals surface area (Å²) in [5.74, 6) is -0.532. The van der Waals surface area contributed by atoms with Gasteiger partial charge in [0.1, 0.15) is 0 Å². The maximum atomic E-state index is 12.4. The Labute approximate surface area is 146 Å². The Balaban J connectivity index is 1.57. The van der Waals surface area contributed by atoms with Gasteiger partial charge in [0, 0.05) is 30.6 Å². The summed E-state index contributed by atoms with van der Waals surface area (Å²) in [4.78, 5) is 24.3. The van der Waals surface area contributed by atoms with Gasteiger partial charge in [-0.1, -0.05) is 48.0 Å². The van der Waals surface area contributed by atoms with E-state index in [1.807, 2.05) is 61.0 Å². The lowest BCUT2D eigenvalue weighted by Crippen LogP contribution is -2.41. The van der Waals surface area contributed by atoms with Crippen LogP contribution < -0.4 is 10.9 Å². The standard InChI is InChI=1S/C20H21N3O2/c1-14-6-5-7-15(12-14)10-11-19(24)21-22-20(25)17-13-23(2)18-9-4-3-8-16(17)18/h3-9,12-13H,10-11H2,1-2H3,(H,21,24)(H,22,25). The molecule has 0 radical (unpaired) electrons. The van der Waals surface area contributed by atoms with Crippen LogP contribution in [0.5, 0.6) is 0 Å². The summed E-state index contributed by atoms with van der Waals surface area (Å²) in [5, 5.41) is 0.858. The van der Waals surface area contributed by atoms with Gasteiger partial charge in [0.2, 0.25) is 5.91 Å². The third-order valence-electron chi connectivity index (χ3n) is 4.18. The van der Waals surface area contributed by atoms with Gasteiger partial charge >= 0.3 is 0 Å². The van der Waals surface area contributed by atoms with E-state index in [2.05, 4.69) is 16.9 Å². The summed E-state index contributed by atoms with van der Waals surface area (Å²) in [6.07, 6.45) is 2.72. The van der Waals surface area contributed by atoms with Crippen molar-refractivity contribution in [2.75, 3.05) is 0 Å². The first-order valence-electron chi connectivity index (χ1n) is 8.23. The molecule has 2 N–H and O–H groups in total. The monoisotopic (exact) mass is 335 g/mol. The highest BCUT2D eigenvalue weighted by Crippen LogP contribution is 2.19. The van der Waals surface area contributed by atoms with Crippen molar-refractivity contribution in [1.29, 1.82) is 0 Å². The second-order valence-corrected chi connectivity index (χ2v) is 6.16. The van der Waals surface area contributed by atoms with E-state index >= 15 is 0 Å². The molecule has 1 aromatic heterocycles. The average Bonchev–Trinajstić information content (AvgIpc) is 2.95. The second kappa shape index (κ2) is 7.21. The van der Waals surface area contributed by atoms with Gasteiger partial charge in [0.05, 0.1) is 5.56 Å². The van der Waals surface area contributed by atoms with Crippen LogP contribution in [-0.4, -0.2) is 16.4 Å². The Bertz CT molecular complexity index is 928. The maximum Gasteiger partial charge on any atom is 0.271 e. The molecule has 0 atom stereocenters. The minimum Gasteiger partial charge on any atom is -0.350 e. The molecule has 25 heavy (non-hydrogen) atoms. The maximum absolute atomic E-state index is 12.4. The zero-order chi connectivity index (χ0) is 17.8. The highest BCUT2D eigenvalue weighted by atomic mass is 16.2. The second-order valence-electron chi connectivity index (χ2n) is 6.16. The summed E-state index contributed by atoms with van der Waals surface area (Å²) < 4.78 is 1.89. The number of nitrogens with zero attached hydrogens (tertiary/aromatic N) is 1. The van der Waals surface area contributed by atoms with Crippen LogP contribution >= 0.6 is 0 Å². The van der Waals surface area contributed by atoms with Gasteiger partial charge in [-0.25, -0.2) is 0 Å². The first-order chi connectivity index (χ1) is 12.0. The molecule has 3 aromatic rings. The first-order valence-corrected chi connectivity index (χ1v) is 8.23. The molecule has 0 saturated carbocycles. The highest BCUT2D eigenvalue weighted by molar-refractivity contribution is 6.07. The highest BCUT2D eigenvalue weighted by Gasteiger charge is 2.14. The first kappa shape index (κ1) is 16.8. The predicted octanol–water partition coefficient (Wildman–Crippen LogP) is 2.88. The van der Waals surface area contributed by atoms with E-state index in [4.69, 9.17) is 0 Å². The van der Waals surface area contributed by atoms with E-state index in [0.29, 0.717) is 18.4 Å². The molecule has 2 aromatic carbocycles. The number of para-hydroxylation sites is 1. The van der Waals surface area contributed by atoms with Crippen molar-refractivity contribution in [1.82, 2.24) is 15.4 Å². The fraction of sp³-hybridized carbons (Fsp3) is 0.200. The van der Waals surface area contributed by atoms with Crippen molar-refractivity contribution in [3.05, 3.63) is 71.4 Å². The molecule has 0 fully saturated rings. The predicted molar refractivity (Wildman–Crippen MR) is 98.0 cm³/mol. The Hall–Kier alpha value is -3.08. The molecule has 0 aliphatic heterocycles. The molecule has 5 nitrogen and oxygen atoms in total. The lowest BCUT2D eigenvalue weighted by molar-refractivity contribution is -0.121. The molecule has 0 aliphatic rings. The number of hydrogen-bond donors (Lipinski definition) is 2. The van der Waals surface area contributed by atoms with Crippen LogP contribution in [0.25, 0.3) is 10.9 Å². The third kappa shape index (κ3) is 3.88. The lowest BCUT2D eigenvalue weighted by Gasteiger charge is -2.07. The van der Waals surface area contributed by atoms with Gasteiger partial charge in [0.15, 0.2) is 0 Å². The number of aryl methyl sites for hydroxylation is 3. The number of hydrogen-bond acceptors (Lipinski definition) is 2. The van der Waals surface area contributed by atoms with Gasteiger partial charge in [-0.15, -0.1) is 0 Å². The lowest BCUT2D eigenvalue weighted by atomic mass is 10.1. The van der Waals surface area contributed by atoms with Gasteiger partial charge < -0.3 is 4.57 Å². The number of rotatable bonds is 4. The molecule has 0 unspecified atom stereocenters. The molecule has 5 heteroatoms. The summed E-state index contributed by atoms with van der Waals surface area (Å²) in [6, 6.07) is 15.7. The van der Waals surface area contributed by atoms with Crippen LogP contribution in [0.2, 0.25) is 0 Å². The molecule has 128 valence electrons. The number of hydrazine groups is 1. The van der Waals surface area contributed by atoms with E-state index in [1.54, 1.807) is 6.20 Å². The van der Waals surface area contributed by atoms with Crippen LogP contribution in [0.1, 0.15) is 27.9 Å². The Morgan fingerprint density at radius 3 is 2.64 bits per heavy atom. The summed E-state index contributed by atoms with van der Waals surface area (Å²) in [5.41, 5.74) is 8.78. The Kier molecular flexibility index (Phi) is 4.84. The molecule has 0 saturated heterocycles. The molecular weight excluding hydrogens is 314 g/mol. The van der Waals surface area contributed by atoms with Crippen molar-refractivity contribution in [2.24, 2.45) is 7.05 Å². The van der Waals surface area contributed by atoms with E-state index < -0.39 is 0 Å². The number of nitrogens with one attached hydrogen (secondary N) is 2. The summed E-state index contributed by atoms with van der Waals surface area (Å²) in [6.45, 7) is 2.02. The SMILES string of the molecule is Cc1cccc(CCC(=O)NNC(=O)c2cn(C)c3ccccc23)c1. The fourth-order valence-corrected chi connectivity index (χ4v) is 2.90. The van der Waals surface area contributed by atoms with E-state index in [9.17, 15) is 9.59 Å². The van der Waals surface area contributed by atoms with Crippen LogP contribution in [0.3, 0.4) is 0 Å². The number of fused-ring (bicyclic) bond motifs is 1. The Morgan fingerprint density at radius 1 is 1.04 bits per heavy atom. The fourth-order valence-electron chi connectivity index (χ4n) is 2.90. The van der Waals surface area contributed by atoms with E-state index in [-0.39, 0.29) is 11.8 Å². The molecule has 1 heterocycles. The van der Waals surface area contributed by atoms with Gasteiger partial charge in [-0.3, -0.25) is 20.4 Å². The van der Waals surface area contributed by atoms with Crippen molar-refractivity contribution < 1.29 is 9.59 Å². The molecule has 3 rings (SSSR count).